The first-order valence-electron chi connectivity index (χ1n) is 3.90. The summed E-state index contributed by atoms with van der Waals surface area (Å²) >= 11 is 1.21. The summed E-state index contributed by atoms with van der Waals surface area (Å²) in [7, 11) is 1.95. The van der Waals surface area contributed by atoms with E-state index in [1.165, 1.54) is 11.8 Å². The van der Waals surface area contributed by atoms with Crippen LogP contribution in [0.5, 0.6) is 0 Å². The molecule has 0 fully saturated rings. The van der Waals surface area contributed by atoms with Crippen molar-refractivity contribution in [2.24, 2.45) is 7.05 Å². The first kappa shape index (κ1) is 9.14. The van der Waals surface area contributed by atoms with Gasteiger partial charge in [0.25, 0.3) is 0 Å². The van der Waals surface area contributed by atoms with Crippen molar-refractivity contribution in [2.75, 3.05) is 0 Å². The van der Waals surface area contributed by atoms with Gasteiger partial charge in [-0.05, 0) is 6.42 Å². The number of rotatable bonds is 3. The zero-order valence-electron chi connectivity index (χ0n) is 7.32. The lowest BCUT2D eigenvalue weighted by Gasteiger charge is -1.94. The van der Waals surface area contributed by atoms with Crippen molar-refractivity contribution in [3.8, 4) is 5.40 Å². The van der Waals surface area contributed by atoms with Crippen molar-refractivity contribution in [3.63, 3.8) is 0 Å². The van der Waals surface area contributed by atoms with Crippen LogP contribution in [0.2, 0.25) is 0 Å². The Hall–Kier alpha value is -0.950. The fourth-order valence-electron chi connectivity index (χ4n) is 1.09. The second kappa shape index (κ2) is 4.17. The number of imidazole rings is 1. The van der Waals surface area contributed by atoms with Gasteiger partial charge in [0, 0.05) is 0 Å². The minimum Gasteiger partial charge on any atom is -0.226 e. The molecular formula is C8H12N3S+. The van der Waals surface area contributed by atoms with Gasteiger partial charge >= 0.3 is 5.16 Å². The van der Waals surface area contributed by atoms with Gasteiger partial charge in [0.1, 0.15) is 17.8 Å². The lowest BCUT2D eigenvalue weighted by molar-refractivity contribution is -0.709. The third kappa shape index (κ3) is 1.80. The molecule has 0 bridgehead atoms. The van der Waals surface area contributed by atoms with Crippen LogP contribution in [0.25, 0.3) is 0 Å². The van der Waals surface area contributed by atoms with Crippen molar-refractivity contribution < 1.29 is 4.57 Å². The molecule has 0 atom stereocenters. The fraction of sp³-hybridized carbons (Fsp3) is 0.500. The third-order valence-electron chi connectivity index (χ3n) is 1.62. The van der Waals surface area contributed by atoms with Crippen LogP contribution in [0, 0.1) is 10.7 Å². The zero-order valence-corrected chi connectivity index (χ0v) is 8.14. The van der Waals surface area contributed by atoms with Gasteiger partial charge in [-0.1, -0.05) is 6.92 Å². The van der Waals surface area contributed by atoms with Crippen molar-refractivity contribution in [1.82, 2.24) is 4.57 Å². The van der Waals surface area contributed by atoms with Crippen LogP contribution in [0.3, 0.4) is 0 Å². The standard InChI is InChI=1S/C8H12N3S/c1-3-4-11-6-5-10(2)8(11)12-7-9/h5-6H,3-4H2,1-2H3/q+1. The second-order valence-corrected chi connectivity index (χ2v) is 3.33. The summed E-state index contributed by atoms with van der Waals surface area (Å²) in [4.78, 5) is 0. The average Bonchev–Trinajstić information content (AvgIpc) is 2.37. The lowest BCUT2D eigenvalue weighted by atomic mass is 10.5. The lowest BCUT2D eigenvalue weighted by Crippen LogP contribution is -2.28. The molecule has 1 heterocycles. The number of hydrogen-bond acceptors (Lipinski definition) is 2. The Bertz CT molecular complexity index is 298. The Balaban J connectivity index is 2.89. The highest BCUT2D eigenvalue weighted by atomic mass is 32.2. The van der Waals surface area contributed by atoms with Gasteiger partial charge in [0.05, 0.1) is 25.4 Å². The van der Waals surface area contributed by atoms with E-state index in [1.54, 1.807) is 0 Å². The van der Waals surface area contributed by atoms with Crippen LogP contribution in [0.1, 0.15) is 13.3 Å². The van der Waals surface area contributed by atoms with Gasteiger partial charge in [0.2, 0.25) is 0 Å². The molecule has 0 aliphatic rings. The smallest absolute Gasteiger partial charge is 0.226 e. The molecular weight excluding hydrogens is 170 g/mol. The molecule has 3 nitrogen and oxygen atoms in total. The summed E-state index contributed by atoms with van der Waals surface area (Å²) in [5, 5.41) is 11.6. The highest BCUT2D eigenvalue weighted by Crippen LogP contribution is 2.11. The van der Waals surface area contributed by atoms with E-state index in [0.717, 1.165) is 18.1 Å². The summed E-state index contributed by atoms with van der Waals surface area (Å²) in [6, 6.07) is 0. The van der Waals surface area contributed by atoms with E-state index in [2.05, 4.69) is 16.9 Å². The summed E-state index contributed by atoms with van der Waals surface area (Å²) in [6.45, 7) is 3.10. The van der Waals surface area contributed by atoms with E-state index in [4.69, 9.17) is 5.26 Å². The first-order chi connectivity index (χ1) is 5.79. The predicted octanol–water partition coefficient (Wildman–Crippen LogP) is 1.30. The normalized spacial score (nSPS) is 9.75. The molecule has 1 aromatic heterocycles. The van der Waals surface area contributed by atoms with E-state index >= 15 is 0 Å². The van der Waals surface area contributed by atoms with Crippen molar-refractivity contribution >= 4 is 11.8 Å². The number of nitrogens with zero attached hydrogens (tertiary/aromatic N) is 3. The second-order valence-electron chi connectivity index (χ2n) is 2.58. The number of thioether (sulfide) groups is 1. The van der Waals surface area contributed by atoms with Crippen LogP contribution in [0.4, 0.5) is 0 Å². The minimum atomic E-state index is 0.977. The maximum atomic E-state index is 8.54. The van der Waals surface area contributed by atoms with E-state index in [0.29, 0.717) is 0 Å². The SMILES string of the molecule is CCCn1cc[n+](C)c1SC#N. The van der Waals surface area contributed by atoms with Crippen molar-refractivity contribution in [2.45, 2.75) is 25.0 Å². The molecule has 0 saturated carbocycles. The van der Waals surface area contributed by atoms with Crippen molar-refractivity contribution in [1.29, 1.82) is 5.26 Å². The maximum Gasteiger partial charge on any atom is 0.332 e. The number of aryl methyl sites for hydroxylation is 2. The van der Waals surface area contributed by atoms with Gasteiger partial charge in [-0.15, -0.1) is 0 Å². The van der Waals surface area contributed by atoms with Gasteiger partial charge in [-0.25, -0.2) is 9.13 Å². The van der Waals surface area contributed by atoms with Crippen LogP contribution >= 0.6 is 11.8 Å². The Morgan fingerprint density at radius 1 is 1.75 bits per heavy atom. The summed E-state index contributed by atoms with van der Waals surface area (Å²) in [6.07, 6.45) is 5.06. The molecule has 4 heteroatoms. The fourth-order valence-corrected chi connectivity index (χ4v) is 1.65. The summed E-state index contributed by atoms with van der Waals surface area (Å²) in [5.41, 5.74) is 0. The summed E-state index contributed by atoms with van der Waals surface area (Å²) in [5.74, 6) is 0. The Kier molecular flexibility index (Phi) is 3.18. The Morgan fingerprint density at radius 3 is 3.08 bits per heavy atom. The third-order valence-corrected chi connectivity index (χ3v) is 2.42. The maximum absolute atomic E-state index is 8.54. The van der Waals surface area contributed by atoms with Crippen LogP contribution in [-0.4, -0.2) is 4.57 Å². The average molecular weight is 182 g/mol. The van der Waals surface area contributed by atoms with E-state index in [-0.39, 0.29) is 0 Å². The molecule has 0 aliphatic heterocycles. The molecule has 0 radical (unpaired) electrons. The van der Waals surface area contributed by atoms with Gasteiger partial charge in [-0.2, -0.15) is 5.26 Å². The quantitative estimate of drug-likeness (QED) is 0.401. The minimum absolute atomic E-state index is 0.977. The zero-order chi connectivity index (χ0) is 8.97. The molecule has 1 rings (SSSR count). The molecule has 12 heavy (non-hydrogen) atoms. The Morgan fingerprint density at radius 2 is 2.50 bits per heavy atom. The Labute approximate surface area is 76.6 Å². The van der Waals surface area contributed by atoms with E-state index < -0.39 is 0 Å². The molecule has 64 valence electrons. The molecule has 0 aliphatic carbocycles. The number of hydrogen-bond donors (Lipinski definition) is 0. The highest BCUT2D eigenvalue weighted by Gasteiger charge is 2.13. The van der Waals surface area contributed by atoms with Gasteiger partial charge < -0.3 is 0 Å². The largest absolute Gasteiger partial charge is 0.332 e. The van der Waals surface area contributed by atoms with Crippen molar-refractivity contribution in [3.05, 3.63) is 12.4 Å². The van der Waals surface area contributed by atoms with Gasteiger partial charge in [0.15, 0.2) is 0 Å². The molecule has 0 spiro atoms. The van der Waals surface area contributed by atoms with E-state index in [9.17, 15) is 0 Å². The number of thiocyanates is 1. The summed E-state index contributed by atoms with van der Waals surface area (Å²) < 4.78 is 4.05. The van der Waals surface area contributed by atoms with Crippen LogP contribution in [-0.2, 0) is 13.6 Å². The van der Waals surface area contributed by atoms with E-state index in [1.807, 2.05) is 24.0 Å². The molecule has 0 saturated heterocycles. The highest BCUT2D eigenvalue weighted by molar-refractivity contribution is 8.03. The predicted molar refractivity (Wildman–Crippen MR) is 47.4 cm³/mol. The van der Waals surface area contributed by atoms with Crippen LogP contribution in [0.15, 0.2) is 17.6 Å². The molecule has 0 N–H and O–H groups in total. The monoisotopic (exact) mass is 182 g/mol. The molecule has 0 amide bonds. The van der Waals surface area contributed by atoms with Crippen LogP contribution < -0.4 is 4.57 Å². The number of nitriles is 1. The van der Waals surface area contributed by atoms with Gasteiger partial charge in [-0.3, -0.25) is 0 Å². The topological polar surface area (TPSA) is 32.6 Å². The molecule has 1 aromatic rings. The molecule has 0 aromatic carbocycles. The molecule has 0 unspecified atom stereocenters. The first-order valence-corrected chi connectivity index (χ1v) is 4.72. The number of aromatic nitrogens is 2.